The van der Waals surface area contributed by atoms with Crippen molar-refractivity contribution in [3.05, 3.63) is 12.2 Å². The molecule has 5 heteroatoms. The molecule has 2 unspecified atom stereocenters. The van der Waals surface area contributed by atoms with Crippen LogP contribution in [0.1, 0.15) is 51.8 Å². The van der Waals surface area contributed by atoms with Gasteiger partial charge in [0.2, 0.25) is 0 Å². The fourth-order valence-electron chi connectivity index (χ4n) is 2.64. The van der Waals surface area contributed by atoms with Crippen molar-refractivity contribution < 1.29 is 0 Å². The van der Waals surface area contributed by atoms with E-state index in [1.807, 2.05) is 4.68 Å². The van der Waals surface area contributed by atoms with Crippen molar-refractivity contribution in [2.24, 2.45) is 5.92 Å². The van der Waals surface area contributed by atoms with E-state index in [0.717, 1.165) is 25.3 Å². The monoisotopic (exact) mass is 284 g/mol. The molecule has 2 atom stereocenters. The van der Waals surface area contributed by atoms with Gasteiger partial charge in [0.25, 0.3) is 0 Å². The third-order valence-corrected chi connectivity index (χ3v) is 4.21. The van der Waals surface area contributed by atoms with Gasteiger partial charge >= 0.3 is 0 Å². The van der Waals surface area contributed by atoms with Gasteiger partial charge in [-0.2, -0.15) is 5.10 Å². The van der Waals surface area contributed by atoms with Crippen LogP contribution < -0.4 is 5.32 Å². The Labute approximate surface area is 120 Å². The maximum Gasteiger partial charge on any atom is 0.140 e. The van der Waals surface area contributed by atoms with Crippen LogP contribution in [0.3, 0.4) is 0 Å². The summed E-state index contributed by atoms with van der Waals surface area (Å²) in [6.45, 7) is 6.07. The Hall–Kier alpha value is -0.610. The molecule has 1 aromatic rings. The third kappa shape index (κ3) is 4.46. The van der Waals surface area contributed by atoms with Gasteiger partial charge in [0.1, 0.15) is 12.2 Å². The van der Waals surface area contributed by atoms with Crippen LogP contribution in [0.15, 0.2) is 6.33 Å². The van der Waals surface area contributed by atoms with Gasteiger partial charge in [-0.3, -0.25) is 0 Å². The molecule has 0 saturated heterocycles. The second-order valence-corrected chi connectivity index (χ2v) is 6.45. The normalized spacial score (nSPS) is 24.6. The first-order chi connectivity index (χ1) is 9.16. The van der Waals surface area contributed by atoms with E-state index in [1.165, 1.54) is 25.7 Å². The molecule has 1 aromatic heterocycles. The van der Waals surface area contributed by atoms with Crippen LogP contribution in [0.25, 0.3) is 0 Å². The van der Waals surface area contributed by atoms with E-state index in [-0.39, 0.29) is 5.38 Å². The van der Waals surface area contributed by atoms with Crippen molar-refractivity contribution >= 4 is 11.6 Å². The molecule has 0 radical (unpaired) electrons. The van der Waals surface area contributed by atoms with Gasteiger partial charge < -0.3 is 5.32 Å². The molecule has 4 nitrogen and oxygen atoms in total. The summed E-state index contributed by atoms with van der Waals surface area (Å²) in [5.41, 5.74) is 0. The van der Waals surface area contributed by atoms with E-state index >= 15 is 0 Å². The first-order valence-electron chi connectivity index (χ1n) is 7.41. The van der Waals surface area contributed by atoms with Crippen molar-refractivity contribution in [1.82, 2.24) is 20.1 Å². The molecule has 1 N–H and O–H groups in total. The van der Waals surface area contributed by atoms with Crippen molar-refractivity contribution in [2.45, 2.75) is 70.5 Å². The van der Waals surface area contributed by atoms with E-state index in [9.17, 15) is 0 Å². The van der Waals surface area contributed by atoms with E-state index in [2.05, 4.69) is 29.2 Å². The van der Waals surface area contributed by atoms with Crippen molar-refractivity contribution in [1.29, 1.82) is 0 Å². The van der Waals surface area contributed by atoms with Gasteiger partial charge in [-0.05, 0) is 18.8 Å². The highest BCUT2D eigenvalue weighted by Gasteiger charge is 2.21. The Morgan fingerprint density at radius 1 is 1.37 bits per heavy atom. The van der Waals surface area contributed by atoms with Crippen LogP contribution in [-0.2, 0) is 13.1 Å². The zero-order valence-corrected chi connectivity index (χ0v) is 12.7. The highest BCUT2D eigenvalue weighted by atomic mass is 35.5. The van der Waals surface area contributed by atoms with E-state index in [0.29, 0.717) is 12.0 Å². The van der Waals surface area contributed by atoms with E-state index in [4.69, 9.17) is 11.6 Å². The molecule has 1 aliphatic rings. The van der Waals surface area contributed by atoms with E-state index < -0.39 is 0 Å². The predicted octanol–water partition coefficient (Wildman–Crippen LogP) is 2.96. The highest BCUT2D eigenvalue weighted by Crippen LogP contribution is 2.22. The number of alkyl halides is 1. The Morgan fingerprint density at radius 2 is 2.16 bits per heavy atom. The van der Waals surface area contributed by atoms with Gasteiger partial charge in [0.05, 0.1) is 6.54 Å². The maximum atomic E-state index is 6.45. The Kier molecular flexibility index (Phi) is 5.64. The smallest absolute Gasteiger partial charge is 0.140 e. The number of rotatable bonds is 5. The molecule has 0 aromatic carbocycles. The average Bonchev–Trinajstić information content (AvgIpc) is 2.68. The largest absolute Gasteiger partial charge is 0.306 e. The van der Waals surface area contributed by atoms with E-state index in [1.54, 1.807) is 6.33 Å². The molecule has 108 valence electrons. The lowest BCUT2D eigenvalue weighted by molar-refractivity contribution is 0.424. The summed E-state index contributed by atoms with van der Waals surface area (Å²) < 4.78 is 2.00. The topological polar surface area (TPSA) is 42.7 Å². The van der Waals surface area contributed by atoms with Crippen LogP contribution in [0.2, 0.25) is 0 Å². The number of aromatic nitrogens is 3. The number of hydrogen-bond acceptors (Lipinski definition) is 3. The second-order valence-electron chi connectivity index (χ2n) is 5.89. The summed E-state index contributed by atoms with van der Waals surface area (Å²) >= 11 is 6.45. The summed E-state index contributed by atoms with van der Waals surface area (Å²) in [6.07, 6.45) is 7.79. The van der Waals surface area contributed by atoms with Crippen molar-refractivity contribution in [2.75, 3.05) is 0 Å². The van der Waals surface area contributed by atoms with Crippen molar-refractivity contribution in [3.63, 3.8) is 0 Å². The Bertz CT molecular complexity index is 377. The van der Waals surface area contributed by atoms with Gasteiger partial charge in [0, 0.05) is 18.0 Å². The van der Waals surface area contributed by atoms with Gasteiger partial charge in [-0.1, -0.05) is 33.1 Å². The molecular weight excluding hydrogens is 260 g/mol. The Morgan fingerprint density at radius 3 is 2.95 bits per heavy atom. The third-order valence-electron chi connectivity index (χ3n) is 3.69. The SMILES string of the molecule is CC(C)Cn1ncnc1CNC1CCCCCC1Cl. The lowest BCUT2D eigenvalue weighted by Crippen LogP contribution is -2.36. The van der Waals surface area contributed by atoms with Crippen LogP contribution in [0, 0.1) is 5.92 Å². The number of nitrogens with zero attached hydrogens (tertiary/aromatic N) is 3. The second kappa shape index (κ2) is 7.25. The quantitative estimate of drug-likeness (QED) is 0.668. The molecular formula is C14H25ClN4. The summed E-state index contributed by atoms with van der Waals surface area (Å²) in [5, 5.41) is 8.12. The Balaban J connectivity index is 1.88. The molecule has 0 amide bonds. The minimum Gasteiger partial charge on any atom is -0.306 e. The highest BCUT2D eigenvalue weighted by molar-refractivity contribution is 6.21. The molecule has 2 rings (SSSR count). The van der Waals surface area contributed by atoms with Gasteiger partial charge in [-0.15, -0.1) is 11.6 Å². The van der Waals surface area contributed by atoms with Crippen LogP contribution in [0.4, 0.5) is 0 Å². The lowest BCUT2D eigenvalue weighted by Gasteiger charge is -2.21. The van der Waals surface area contributed by atoms with Crippen LogP contribution >= 0.6 is 11.6 Å². The van der Waals surface area contributed by atoms with Crippen LogP contribution in [0.5, 0.6) is 0 Å². The number of hydrogen-bond donors (Lipinski definition) is 1. The fraction of sp³-hybridized carbons (Fsp3) is 0.857. The lowest BCUT2D eigenvalue weighted by atomic mass is 10.1. The maximum absolute atomic E-state index is 6.45. The summed E-state index contributed by atoms with van der Waals surface area (Å²) in [5.74, 6) is 1.60. The first kappa shape index (κ1) is 14.8. The molecule has 0 bridgehead atoms. The van der Waals surface area contributed by atoms with Gasteiger partial charge in [0.15, 0.2) is 0 Å². The zero-order valence-electron chi connectivity index (χ0n) is 12.0. The molecule has 1 saturated carbocycles. The van der Waals surface area contributed by atoms with Gasteiger partial charge in [-0.25, -0.2) is 9.67 Å². The standard InChI is InChI=1S/C14H25ClN4/c1-11(2)9-19-14(17-10-18-19)8-16-13-7-5-3-4-6-12(13)15/h10-13,16H,3-9H2,1-2H3. The number of halogens is 1. The molecule has 0 aliphatic heterocycles. The zero-order chi connectivity index (χ0) is 13.7. The summed E-state index contributed by atoms with van der Waals surface area (Å²) in [6, 6.07) is 0.411. The summed E-state index contributed by atoms with van der Waals surface area (Å²) in [4.78, 5) is 4.35. The molecule has 0 spiro atoms. The first-order valence-corrected chi connectivity index (χ1v) is 7.84. The fourth-order valence-corrected chi connectivity index (χ4v) is 3.01. The van der Waals surface area contributed by atoms with Crippen molar-refractivity contribution in [3.8, 4) is 0 Å². The minimum absolute atomic E-state index is 0.254. The molecule has 19 heavy (non-hydrogen) atoms. The average molecular weight is 285 g/mol. The molecule has 1 fully saturated rings. The predicted molar refractivity (Wildman–Crippen MR) is 78.2 cm³/mol. The minimum atomic E-state index is 0.254. The van der Waals surface area contributed by atoms with Crippen LogP contribution in [-0.4, -0.2) is 26.2 Å². The molecule has 1 heterocycles. The number of nitrogens with one attached hydrogen (secondary N) is 1. The summed E-state index contributed by atoms with van der Waals surface area (Å²) in [7, 11) is 0. The molecule has 1 aliphatic carbocycles.